The Kier molecular flexibility index (Phi) is 8.52. The second kappa shape index (κ2) is 11.0. The highest BCUT2D eigenvalue weighted by Crippen LogP contribution is 2.42. The summed E-state index contributed by atoms with van der Waals surface area (Å²) in [6, 6.07) is 17.3. The number of aliphatic hydroxyl groups is 1. The molecule has 34 heavy (non-hydrogen) atoms. The summed E-state index contributed by atoms with van der Waals surface area (Å²) >= 11 is 0. The quantitative estimate of drug-likeness (QED) is 0.379. The van der Waals surface area contributed by atoms with Gasteiger partial charge in [-0.3, -0.25) is 4.18 Å². The largest absolute Gasteiger partial charge is 0.454 e. The zero-order valence-electron chi connectivity index (χ0n) is 20.2. The minimum absolute atomic E-state index is 0.0405. The number of esters is 1. The fraction of sp³-hybridized carbons (Fsp3) is 0.500. The van der Waals surface area contributed by atoms with Crippen molar-refractivity contribution in [2.75, 3.05) is 34.3 Å². The molecule has 2 aromatic rings. The fourth-order valence-corrected chi connectivity index (χ4v) is 5.49. The van der Waals surface area contributed by atoms with Crippen LogP contribution in [0.4, 0.5) is 0 Å². The summed E-state index contributed by atoms with van der Waals surface area (Å²) in [5, 5.41) is 11.4. The molecule has 1 aliphatic carbocycles. The molecule has 1 N–H and O–H groups in total. The van der Waals surface area contributed by atoms with Crippen LogP contribution < -0.4 is 0 Å². The summed E-state index contributed by atoms with van der Waals surface area (Å²) in [7, 11) is 1.94. The van der Waals surface area contributed by atoms with E-state index in [0.717, 1.165) is 56.8 Å². The van der Waals surface area contributed by atoms with E-state index < -0.39 is 21.7 Å². The summed E-state index contributed by atoms with van der Waals surface area (Å²) in [5.41, 5.74) is -0.832. The van der Waals surface area contributed by atoms with Gasteiger partial charge in [0, 0.05) is 12.3 Å². The molecule has 0 bridgehead atoms. The Labute approximate surface area is 203 Å². The molecule has 0 spiro atoms. The van der Waals surface area contributed by atoms with Gasteiger partial charge in [-0.1, -0.05) is 61.4 Å². The van der Waals surface area contributed by atoms with Gasteiger partial charge in [0.05, 0.1) is 32.6 Å². The first-order chi connectivity index (χ1) is 16.1. The number of rotatable bonds is 6. The molecule has 0 amide bonds. The van der Waals surface area contributed by atoms with Crippen LogP contribution in [0.1, 0.15) is 37.7 Å². The van der Waals surface area contributed by atoms with Crippen molar-refractivity contribution in [3.8, 4) is 0 Å². The van der Waals surface area contributed by atoms with E-state index in [-0.39, 0.29) is 16.9 Å². The Morgan fingerprint density at radius 1 is 0.971 bits per heavy atom. The highest BCUT2D eigenvalue weighted by molar-refractivity contribution is 7.86. The normalized spacial score (nSPS) is 21.8. The first-order valence-electron chi connectivity index (χ1n) is 11.7. The van der Waals surface area contributed by atoms with Crippen molar-refractivity contribution >= 4 is 16.1 Å². The lowest BCUT2D eigenvalue weighted by molar-refractivity contribution is -0.879. The van der Waals surface area contributed by atoms with E-state index in [1.165, 1.54) is 12.1 Å². The van der Waals surface area contributed by atoms with E-state index in [1.54, 1.807) is 18.2 Å². The maximum atomic E-state index is 12.9. The monoisotopic (exact) mass is 490 g/mol. The molecular formula is C26H36NO6S+. The van der Waals surface area contributed by atoms with Crippen LogP contribution in [0, 0.1) is 5.92 Å². The zero-order chi connectivity index (χ0) is 24.8. The lowest BCUT2D eigenvalue weighted by Crippen LogP contribution is -2.46. The third-order valence-electron chi connectivity index (χ3n) is 6.75. The first kappa shape index (κ1) is 26.3. The van der Waals surface area contributed by atoms with E-state index in [0.29, 0.717) is 5.56 Å². The Hall–Kier alpha value is -2.26. The zero-order valence-corrected chi connectivity index (χ0v) is 21.0. The number of carbonyl (C=O) groups excluding carboxylic acids is 1. The van der Waals surface area contributed by atoms with Crippen LogP contribution >= 0.6 is 0 Å². The van der Waals surface area contributed by atoms with Gasteiger partial charge in [0.25, 0.3) is 10.1 Å². The van der Waals surface area contributed by atoms with Gasteiger partial charge in [0.15, 0.2) is 11.7 Å². The van der Waals surface area contributed by atoms with Gasteiger partial charge in [-0.2, -0.15) is 8.42 Å². The van der Waals surface area contributed by atoms with Gasteiger partial charge in [-0.05, 0) is 30.5 Å². The molecule has 4 rings (SSSR count). The molecule has 2 atom stereocenters. The molecule has 2 aliphatic rings. The van der Waals surface area contributed by atoms with Crippen molar-refractivity contribution in [1.82, 2.24) is 0 Å². The number of likely N-dealkylation sites (N-methyl/N-ethyl adjacent to an activating group) is 1. The van der Waals surface area contributed by atoms with E-state index in [2.05, 4.69) is 18.3 Å². The van der Waals surface area contributed by atoms with Crippen molar-refractivity contribution < 1.29 is 31.7 Å². The standard InChI is InChI=1S/C19H28NO3.C7H8O3S/c1-20(2)13-12-17(14-20)23-18(21)19(22,16-10-6-7-11-16)15-8-4-3-5-9-15;1-10-11(8,9)7-5-3-2-4-6-7/h3-5,8-9,16-17,22H,6-7,10-14H2,1-2H3;2-6H,1H3/q+1;/t17-,19+;/m1./s1. The molecule has 0 aromatic heterocycles. The number of nitrogens with zero attached hydrogens (tertiary/aromatic N) is 1. The minimum atomic E-state index is -3.50. The van der Waals surface area contributed by atoms with Gasteiger partial charge in [-0.25, -0.2) is 4.79 Å². The topological polar surface area (TPSA) is 89.9 Å². The number of carbonyl (C=O) groups is 1. The van der Waals surface area contributed by atoms with Crippen LogP contribution in [0.15, 0.2) is 65.6 Å². The molecule has 0 unspecified atom stereocenters. The van der Waals surface area contributed by atoms with Gasteiger partial charge in [0.2, 0.25) is 0 Å². The van der Waals surface area contributed by atoms with Gasteiger partial charge >= 0.3 is 5.97 Å². The van der Waals surface area contributed by atoms with Crippen LogP contribution in [0.5, 0.6) is 0 Å². The number of hydrogen-bond donors (Lipinski definition) is 1. The SMILES string of the molecule is COS(=O)(=O)c1ccccc1.C[N+]1(C)CC[C@@H](OC(=O)[C@](O)(c2ccccc2)C2CCCC2)C1. The summed E-state index contributed by atoms with van der Waals surface area (Å²) < 4.78 is 32.9. The lowest BCUT2D eigenvalue weighted by atomic mass is 9.80. The van der Waals surface area contributed by atoms with Crippen LogP contribution in [-0.2, 0) is 29.4 Å². The number of benzene rings is 2. The second-order valence-electron chi connectivity index (χ2n) is 9.71. The highest BCUT2D eigenvalue weighted by Gasteiger charge is 2.49. The molecule has 2 aromatic carbocycles. The van der Waals surface area contributed by atoms with Crippen LogP contribution in [-0.4, -0.2) is 64.4 Å². The van der Waals surface area contributed by atoms with Gasteiger partial charge < -0.3 is 14.3 Å². The Morgan fingerprint density at radius 2 is 1.53 bits per heavy atom. The van der Waals surface area contributed by atoms with Crippen LogP contribution in [0.3, 0.4) is 0 Å². The predicted octanol–water partition coefficient (Wildman–Crippen LogP) is 3.48. The summed E-state index contributed by atoms with van der Waals surface area (Å²) in [4.78, 5) is 13.1. The third-order valence-corrected chi connectivity index (χ3v) is 8.04. The van der Waals surface area contributed by atoms with Crippen molar-refractivity contribution in [2.45, 2.75) is 48.7 Å². The molecule has 1 saturated heterocycles. The first-order valence-corrected chi connectivity index (χ1v) is 13.2. The average molecular weight is 491 g/mol. The second-order valence-corrected chi connectivity index (χ2v) is 11.4. The number of hydrogen-bond acceptors (Lipinski definition) is 6. The van der Waals surface area contributed by atoms with E-state index in [9.17, 15) is 18.3 Å². The Morgan fingerprint density at radius 3 is 2.03 bits per heavy atom. The van der Waals surface area contributed by atoms with Crippen molar-refractivity contribution in [3.05, 3.63) is 66.2 Å². The molecule has 1 aliphatic heterocycles. The van der Waals surface area contributed by atoms with Gasteiger partial charge in [0.1, 0.15) is 6.54 Å². The van der Waals surface area contributed by atoms with Gasteiger partial charge in [-0.15, -0.1) is 0 Å². The summed E-state index contributed by atoms with van der Waals surface area (Å²) in [6.45, 7) is 1.83. The smallest absolute Gasteiger partial charge is 0.343 e. The highest BCUT2D eigenvalue weighted by atomic mass is 32.2. The predicted molar refractivity (Wildman–Crippen MR) is 129 cm³/mol. The fourth-order valence-electron chi connectivity index (χ4n) is 4.80. The maximum absolute atomic E-state index is 12.9. The molecule has 1 saturated carbocycles. The number of quaternary nitrogens is 1. The Balaban J connectivity index is 0.000000248. The van der Waals surface area contributed by atoms with Crippen molar-refractivity contribution in [2.24, 2.45) is 5.92 Å². The molecule has 1 heterocycles. The molecule has 0 radical (unpaired) electrons. The third kappa shape index (κ3) is 6.24. The molecular weight excluding hydrogens is 454 g/mol. The number of likely N-dealkylation sites (tertiary alicyclic amines) is 1. The lowest BCUT2D eigenvalue weighted by Gasteiger charge is -2.33. The van der Waals surface area contributed by atoms with Crippen molar-refractivity contribution in [3.63, 3.8) is 0 Å². The summed E-state index contributed by atoms with van der Waals surface area (Å²) in [5.74, 6) is -0.496. The van der Waals surface area contributed by atoms with E-state index in [1.807, 2.05) is 30.3 Å². The molecule has 2 fully saturated rings. The average Bonchev–Trinajstić information content (AvgIpc) is 3.50. The van der Waals surface area contributed by atoms with E-state index >= 15 is 0 Å². The van der Waals surface area contributed by atoms with Crippen LogP contribution in [0.25, 0.3) is 0 Å². The van der Waals surface area contributed by atoms with E-state index in [4.69, 9.17) is 4.74 Å². The van der Waals surface area contributed by atoms with Crippen LogP contribution in [0.2, 0.25) is 0 Å². The molecule has 186 valence electrons. The minimum Gasteiger partial charge on any atom is -0.454 e. The molecule has 8 heteroatoms. The Bertz CT molecular complexity index is 1040. The molecule has 7 nitrogen and oxygen atoms in total. The number of ether oxygens (including phenoxy) is 1. The summed E-state index contributed by atoms with van der Waals surface area (Å²) in [6.07, 6.45) is 4.68. The van der Waals surface area contributed by atoms with Crippen molar-refractivity contribution in [1.29, 1.82) is 0 Å². The maximum Gasteiger partial charge on any atom is 0.343 e.